The highest BCUT2D eigenvalue weighted by Crippen LogP contribution is 2.51. The maximum absolute atomic E-state index is 12.7. The number of aliphatic hydroxyl groups excluding tert-OH is 2. The number of aromatic amines is 1. The minimum absolute atomic E-state index is 0.0139. The van der Waals surface area contributed by atoms with Gasteiger partial charge in [-0.1, -0.05) is 0 Å². The van der Waals surface area contributed by atoms with E-state index < -0.39 is 23.9 Å². The van der Waals surface area contributed by atoms with E-state index in [-0.39, 0.29) is 18.4 Å². The highest BCUT2D eigenvalue weighted by Gasteiger charge is 2.66. The summed E-state index contributed by atoms with van der Waals surface area (Å²) in [6.07, 6.45) is -2.25. The summed E-state index contributed by atoms with van der Waals surface area (Å²) in [5.74, 6) is -0.191. The number of aliphatic imine (C=N–C) groups is 1. The molecule has 4 rings (SSSR count). The molecule has 112 valence electrons. The second-order valence-corrected chi connectivity index (χ2v) is 6.92. The van der Waals surface area contributed by atoms with E-state index >= 15 is 0 Å². The van der Waals surface area contributed by atoms with Crippen molar-refractivity contribution in [3.05, 3.63) is 20.3 Å². The summed E-state index contributed by atoms with van der Waals surface area (Å²) in [6.45, 7) is 0.0139. The first-order valence-electron chi connectivity index (χ1n) is 6.24. The number of aliphatic hydroxyl groups is 2. The summed E-state index contributed by atoms with van der Waals surface area (Å²) in [7, 11) is 0. The third-order valence-electron chi connectivity index (χ3n) is 4.31. The van der Waals surface area contributed by atoms with E-state index in [1.54, 1.807) is 0 Å². The molecule has 4 heterocycles. The number of aromatic nitrogens is 1. The summed E-state index contributed by atoms with van der Waals surface area (Å²) in [5, 5.41) is 23.3. The minimum atomic E-state index is -1.24. The molecule has 1 aromatic heterocycles. The van der Waals surface area contributed by atoms with Gasteiger partial charge in [0.05, 0.1) is 15.6 Å². The Kier molecular flexibility index (Phi) is 2.58. The third kappa shape index (κ3) is 1.41. The zero-order valence-corrected chi connectivity index (χ0v) is 13.6. The molecule has 10 heteroatoms. The minimum Gasteiger partial charge on any atom is -0.388 e. The lowest BCUT2D eigenvalue weighted by Gasteiger charge is -2.43. The molecule has 1 aromatic rings. The van der Waals surface area contributed by atoms with Gasteiger partial charge in [0.1, 0.15) is 23.9 Å². The normalized spacial score (nSPS) is 37.0. The Hall–Kier alpha value is -1.10. The van der Waals surface area contributed by atoms with Gasteiger partial charge in [-0.15, -0.1) is 0 Å². The summed E-state index contributed by atoms with van der Waals surface area (Å²) in [6, 6.07) is -0.603. The van der Waals surface area contributed by atoms with Crippen LogP contribution in [0.3, 0.4) is 0 Å². The van der Waals surface area contributed by atoms with Crippen LogP contribution in [0.1, 0.15) is 22.1 Å². The molecule has 0 aromatic carbocycles. The number of fused-ring (bicyclic) bond motifs is 2. The van der Waals surface area contributed by atoms with Crippen LogP contribution in [-0.2, 0) is 0 Å². The number of carbonyl (C=O) groups excluding carboxylic acids is 1. The molecule has 4 unspecified atom stereocenters. The molecule has 0 aliphatic carbocycles. The van der Waals surface area contributed by atoms with E-state index in [2.05, 4.69) is 47.2 Å². The Bertz CT molecular complexity index is 704. The van der Waals surface area contributed by atoms with Crippen molar-refractivity contribution in [2.24, 2.45) is 10.7 Å². The van der Waals surface area contributed by atoms with Gasteiger partial charge in [-0.05, 0) is 31.9 Å². The maximum atomic E-state index is 12.7. The highest BCUT2D eigenvalue weighted by atomic mass is 79.9. The molecule has 8 nitrogen and oxygen atoms in total. The lowest BCUT2D eigenvalue weighted by molar-refractivity contribution is -0.0252. The first-order valence-corrected chi connectivity index (χ1v) is 7.83. The largest absolute Gasteiger partial charge is 0.388 e. The predicted octanol–water partition coefficient (Wildman–Crippen LogP) is -0.614. The SMILES string of the molecule is NC1=NC2c3c([nH]c(Br)c3Br)C(=O)N3CC(O)C(O)C23N1. The van der Waals surface area contributed by atoms with E-state index in [0.717, 1.165) is 0 Å². The fourth-order valence-corrected chi connectivity index (χ4v) is 4.37. The van der Waals surface area contributed by atoms with E-state index in [1.165, 1.54) is 4.90 Å². The van der Waals surface area contributed by atoms with E-state index in [9.17, 15) is 15.0 Å². The van der Waals surface area contributed by atoms with Crippen molar-refractivity contribution < 1.29 is 15.0 Å². The van der Waals surface area contributed by atoms with Crippen molar-refractivity contribution in [2.75, 3.05) is 6.54 Å². The predicted molar refractivity (Wildman–Crippen MR) is 79.5 cm³/mol. The fraction of sp³-hybridized carbons (Fsp3) is 0.455. The molecule has 0 bridgehead atoms. The van der Waals surface area contributed by atoms with Crippen LogP contribution >= 0.6 is 31.9 Å². The molecular formula is C11H11Br2N5O3. The Balaban J connectivity index is 2.01. The monoisotopic (exact) mass is 419 g/mol. The van der Waals surface area contributed by atoms with Gasteiger partial charge < -0.3 is 31.1 Å². The molecule has 0 radical (unpaired) electrons. The number of carbonyl (C=O) groups is 1. The number of amides is 1. The molecule has 0 saturated carbocycles. The Labute approximate surface area is 135 Å². The molecular weight excluding hydrogens is 410 g/mol. The highest BCUT2D eigenvalue weighted by molar-refractivity contribution is 9.13. The van der Waals surface area contributed by atoms with Crippen LogP contribution in [0.15, 0.2) is 14.1 Å². The van der Waals surface area contributed by atoms with E-state index in [4.69, 9.17) is 5.73 Å². The zero-order valence-electron chi connectivity index (χ0n) is 10.5. The van der Waals surface area contributed by atoms with E-state index in [1.807, 2.05) is 0 Å². The van der Waals surface area contributed by atoms with Crippen LogP contribution in [0.25, 0.3) is 0 Å². The van der Waals surface area contributed by atoms with Crippen LogP contribution in [-0.4, -0.2) is 56.4 Å². The number of guanidine groups is 1. The maximum Gasteiger partial charge on any atom is 0.272 e. The molecule has 6 N–H and O–H groups in total. The molecule has 1 spiro atoms. The van der Waals surface area contributed by atoms with Gasteiger partial charge in [0.2, 0.25) is 0 Å². The summed E-state index contributed by atoms with van der Waals surface area (Å²) in [4.78, 5) is 21.4. The average molecular weight is 421 g/mol. The molecule has 3 aliphatic rings. The summed E-state index contributed by atoms with van der Waals surface area (Å²) in [5.41, 5.74) is 5.53. The van der Waals surface area contributed by atoms with Crippen LogP contribution in [0, 0.1) is 0 Å². The number of halogens is 2. The van der Waals surface area contributed by atoms with Gasteiger partial charge in [-0.3, -0.25) is 4.79 Å². The summed E-state index contributed by atoms with van der Waals surface area (Å²) >= 11 is 6.75. The number of H-pyrrole nitrogens is 1. The van der Waals surface area contributed by atoms with Gasteiger partial charge in [0, 0.05) is 5.56 Å². The van der Waals surface area contributed by atoms with Gasteiger partial charge in [-0.2, -0.15) is 0 Å². The van der Waals surface area contributed by atoms with Gasteiger partial charge in [0.15, 0.2) is 11.6 Å². The molecule has 1 amide bonds. The number of rotatable bonds is 0. The van der Waals surface area contributed by atoms with Crippen molar-refractivity contribution in [1.82, 2.24) is 15.2 Å². The molecule has 1 saturated heterocycles. The molecule has 4 atom stereocenters. The van der Waals surface area contributed by atoms with Crippen molar-refractivity contribution in [3.8, 4) is 0 Å². The van der Waals surface area contributed by atoms with Crippen LogP contribution in [0.5, 0.6) is 0 Å². The van der Waals surface area contributed by atoms with Crippen molar-refractivity contribution in [1.29, 1.82) is 0 Å². The summed E-state index contributed by atoms with van der Waals surface area (Å²) < 4.78 is 1.27. The second kappa shape index (κ2) is 4.00. The van der Waals surface area contributed by atoms with Gasteiger partial charge in [0.25, 0.3) is 5.91 Å². The number of nitrogens with zero attached hydrogens (tertiary/aromatic N) is 2. The Morgan fingerprint density at radius 2 is 2.14 bits per heavy atom. The first kappa shape index (κ1) is 13.6. The molecule has 21 heavy (non-hydrogen) atoms. The number of nitrogens with two attached hydrogens (primary N) is 1. The quantitative estimate of drug-likeness (QED) is 0.382. The lowest BCUT2D eigenvalue weighted by atomic mass is 9.86. The number of nitrogens with one attached hydrogen (secondary N) is 2. The second-order valence-electron chi connectivity index (χ2n) is 5.34. The number of hydrogen-bond acceptors (Lipinski definition) is 6. The number of hydrogen-bond donors (Lipinski definition) is 5. The zero-order chi connectivity index (χ0) is 15.1. The van der Waals surface area contributed by atoms with Crippen LogP contribution in [0.2, 0.25) is 0 Å². The average Bonchev–Trinajstić information content (AvgIpc) is 3.00. The molecule has 1 fully saturated rings. The topological polar surface area (TPSA) is 127 Å². The lowest BCUT2D eigenvalue weighted by Crippen LogP contribution is -2.67. The smallest absolute Gasteiger partial charge is 0.272 e. The van der Waals surface area contributed by atoms with Crippen molar-refractivity contribution in [3.63, 3.8) is 0 Å². The molecule has 3 aliphatic heterocycles. The van der Waals surface area contributed by atoms with Crippen LogP contribution < -0.4 is 11.1 Å². The Morgan fingerprint density at radius 3 is 2.86 bits per heavy atom. The third-order valence-corrected chi connectivity index (χ3v) is 6.26. The Morgan fingerprint density at radius 1 is 1.43 bits per heavy atom. The fourth-order valence-electron chi connectivity index (χ4n) is 3.44. The van der Waals surface area contributed by atoms with Crippen molar-refractivity contribution >= 4 is 43.7 Å². The van der Waals surface area contributed by atoms with Gasteiger partial charge in [-0.25, -0.2) is 4.99 Å². The van der Waals surface area contributed by atoms with E-state index in [0.29, 0.717) is 20.3 Å². The van der Waals surface area contributed by atoms with Gasteiger partial charge >= 0.3 is 0 Å². The standard InChI is InChI=1S/C11H11Br2N5O3/c12-4-3-5(15-8(4)13)9(21)18-1-2(19)7(20)11(18)6(3)16-10(14)17-11/h2,6-7,15,19-20H,1H2,(H3,14,16,17). The van der Waals surface area contributed by atoms with Crippen LogP contribution in [0.4, 0.5) is 0 Å². The first-order chi connectivity index (χ1) is 9.87. The van der Waals surface area contributed by atoms with Crippen molar-refractivity contribution in [2.45, 2.75) is 23.9 Å².